The number of benzene rings is 1. The maximum absolute atomic E-state index is 12.0. The average Bonchev–Trinajstić information content (AvgIpc) is 2.72. The summed E-state index contributed by atoms with van der Waals surface area (Å²) in [5.41, 5.74) is 1.27. The lowest BCUT2D eigenvalue weighted by Gasteiger charge is -2.34. The van der Waals surface area contributed by atoms with Gasteiger partial charge in [0.2, 0.25) is 0 Å². The molecular weight excluding hydrogens is 374 g/mol. The Morgan fingerprint density at radius 2 is 1.71 bits per heavy atom. The highest BCUT2D eigenvalue weighted by Gasteiger charge is 2.24. The van der Waals surface area contributed by atoms with Crippen molar-refractivity contribution in [2.24, 2.45) is 5.92 Å². The maximum Gasteiger partial charge on any atom is 0.410 e. The molecule has 2 saturated heterocycles. The molecule has 156 valence electrons. The van der Waals surface area contributed by atoms with Crippen molar-refractivity contribution in [2.45, 2.75) is 32.8 Å². The molecule has 0 atom stereocenters. The Bertz CT molecular complexity index is 610. The summed E-state index contributed by atoms with van der Waals surface area (Å²) >= 11 is 1.83. The second-order valence-corrected chi connectivity index (χ2v) is 8.65. The van der Waals surface area contributed by atoms with Gasteiger partial charge in [-0.2, -0.15) is 0 Å². The van der Waals surface area contributed by atoms with Crippen molar-refractivity contribution in [3.05, 3.63) is 24.3 Å². The van der Waals surface area contributed by atoms with Gasteiger partial charge in [-0.1, -0.05) is 11.9 Å². The molecule has 28 heavy (non-hydrogen) atoms. The van der Waals surface area contributed by atoms with Crippen LogP contribution in [0.3, 0.4) is 0 Å². The van der Waals surface area contributed by atoms with E-state index < -0.39 is 0 Å². The molecule has 0 N–H and O–H groups in total. The number of carbonyl (C=O) groups is 1. The zero-order valence-corrected chi connectivity index (χ0v) is 18.1. The summed E-state index contributed by atoms with van der Waals surface area (Å²) in [5, 5.41) is 0. The van der Waals surface area contributed by atoms with Crippen molar-refractivity contribution in [1.29, 1.82) is 0 Å². The minimum atomic E-state index is -0.191. The summed E-state index contributed by atoms with van der Waals surface area (Å²) in [6, 6.07) is 8.47. The van der Waals surface area contributed by atoms with Crippen LogP contribution < -0.4 is 9.64 Å². The molecule has 0 aromatic heterocycles. The largest absolute Gasteiger partial charge is 0.493 e. The van der Waals surface area contributed by atoms with Crippen LogP contribution in [0.5, 0.6) is 5.75 Å². The Kier molecular flexibility index (Phi) is 7.73. The molecule has 2 aliphatic heterocycles. The van der Waals surface area contributed by atoms with Crippen molar-refractivity contribution in [3.63, 3.8) is 0 Å². The molecule has 0 spiro atoms. The Balaban J connectivity index is 1.39. The number of anilines is 1. The molecule has 7 heteroatoms. The van der Waals surface area contributed by atoms with E-state index in [-0.39, 0.29) is 12.2 Å². The number of nitrogens with zero attached hydrogens (tertiary/aromatic N) is 3. The summed E-state index contributed by atoms with van der Waals surface area (Å²) < 4.78 is 13.7. The van der Waals surface area contributed by atoms with Crippen LogP contribution in [0.1, 0.15) is 26.7 Å². The molecular formula is C21H33N3O3S. The Labute approximate surface area is 173 Å². The van der Waals surface area contributed by atoms with Crippen molar-refractivity contribution in [1.82, 2.24) is 9.21 Å². The van der Waals surface area contributed by atoms with Gasteiger partial charge in [0.1, 0.15) is 5.75 Å². The Morgan fingerprint density at radius 1 is 1.07 bits per heavy atom. The maximum atomic E-state index is 12.0. The standard InChI is InChI=1S/C21H33N3O3S/c1-17(2)27-21(25)23-10-8-18(9-11-23)16-26-20-6-4-19(5-7-20)22-12-14-24(28-3)15-13-22/h4-7,17-18H,8-16H2,1-3H3. The van der Waals surface area contributed by atoms with Crippen molar-refractivity contribution >= 4 is 23.7 Å². The van der Waals surface area contributed by atoms with E-state index in [1.165, 1.54) is 5.69 Å². The topological polar surface area (TPSA) is 45.2 Å². The van der Waals surface area contributed by atoms with E-state index in [2.05, 4.69) is 39.7 Å². The SMILES string of the molecule is CSN1CCN(c2ccc(OCC3CCN(C(=O)OC(C)C)CC3)cc2)CC1. The third kappa shape index (κ3) is 5.95. The summed E-state index contributed by atoms with van der Waals surface area (Å²) in [7, 11) is 0. The van der Waals surface area contributed by atoms with E-state index in [9.17, 15) is 4.79 Å². The molecule has 0 unspecified atom stereocenters. The number of likely N-dealkylation sites (tertiary alicyclic amines) is 1. The molecule has 2 fully saturated rings. The van der Waals surface area contributed by atoms with Gasteiger partial charge in [-0.15, -0.1) is 0 Å². The van der Waals surface area contributed by atoms with Crippen LogP contribution in [0.2, 0.25) is 0 Å². The zero-order valence-electron chi connectivity index (χ0n) is 17.3. The predicted octanol–water partition coefficient (Wildman–Crippen LogP) is 3.72. The third-order valence-corrected chi connectivity index (χ3v) is 6.28. The summed E-state index contributed by atoms with van der Waals surface area (Å²) in [5.74, 6) is 1.41. The van der Waals surface area contributed by atoms with Crippen molar-refractivity contribution < 1.29 is 14.3 Å². The van der Waals surface area contributed by atoms with Gasteiger partial charge >= 0.3 is 6.09 Å². The molecule has 3 rings (SSSR count). The number of rotatable bonds is 6. The molecule has 0 bridgehead atoms. The minimum absolute atomic E-state index is 0.0639. The first-order valence-electron chi connectivity index (χ1n) is 10.3. The summed E-state index contributed by atoms with van der Waals surface area (Å²) in [4.78, 5) is 16.2. The smallest absolute Gasteiger partial charge is 0.410 e. The fourth-order valence-electron chi connectivity index (χ4n) is 3.65. The first-order chi connectivity index (χ1) is 13.5. The number of ether oxygens (including phenoxy) is 2. The zero-order chi connectivity index (χ0) is 19.9. The van der Waals surface area contributed by atoms with Crippen LogP contribution in [0.4, 0.5) is 10.5 Å². The van der Waals surface area contributed by atoms with E-state index >= 15 is 0 Å². The van der Waals surface area contributed by atoms with Crippen molar-refractivity contribution in [2.75, 3.05) is 57.0 Å². The first-order valence-corrected chi connectivity index (χ1v) is 11.5. The number of piperazine rings is 1. The molecule has 2 heterocycles. The second kappa shape index (κ2) is 10.3. The van der Waals surface area contributed by atoms with E-state index in [0.29, 0.717) is 12.5 Å². The molecule has 0 radical (unpaired) electrons. The Hall–Kier alpha value is -1.60. The number of hydrogen-bond donors (Lipinski definition) is 0. The fourth-order valence-corrected chi connectivity index (χ4v) is 4.18. The average molecular weight is 408 g/mol. The van der Waals surface area contributed by atoms with Crippen LogP contribution in [0.15, 0.2) is 24.3 Å². The van der Waals surface area contributed by atoms with Gasteiger partial charge in [0.05, 0.1) is 12.7 Å². The molecule has 0 saturated carbocycles. The van der Waals surface area contributed by atoms with Gasteiger partial charge in [0.15, 0.2) is 0 Å². The highest BCUT2D eigenvalue weighted by molar-refractivity contribution is 7.96. The lowest BCUT2D eigenvalue weighted by molar-refractivity contribution is 0.0608. The monoisotopic (exact) mass is 407 g/mol. The fraction of sp³-hybridized carbons (Fsp3) is 0.667. The number of piperidine rings is 1. The first kappa shape index (κ1) is 21.1. The van der Waals surface area contributed by atoms with E-state index in [1.807, 2.05) is 30.7 Å². The third-order valence-electron chi connectivity index (χ3n) is 5.39. The normalized spacial score (nSPS) is 19.1. The summed E-state index contributed by atoms with van der Waals surface area (Å²) in [6.07, 6.45) is 3.81. The Morgan fingerprint density at radius 3 is 2.29 bits per heavy atom. The van der Waals surface area contributed by atoms with Gasteiger partial charge < -0.3 is 19.3 Å². The van der Waals surface area contributed by atoms with E-state index in [1.54, 1.807) is 0 Å². The second-order valence-electron chi connectivity index (χ2n) is 7.77. The van der Waals surface area contributed by atoms with Crippen molar-refractivity contribution in [3.8, 4) is 5.75 Å². The van der Waals surface area contributed by atoms with Crippen LogP contribution in [-0.2, 0) is 4.74 Å². The van der Waals surface area contributed by atoms with Gasteiger partial charge in [-0.3, -0.25) is 0 Å². The van der Waals surface area contributed by atoms with Gasteiger partial charge in [0.25, 0.3) is 0 Å². The lowest BCUT2D eigenvalue weighted by Crippen LogP contribution is -2.43. The molecule has 6 nitrogen and oxygen atoms in total. The van der Waals surface area contributed by atoms with Gasteiger partial charge in [0, 0.05) is 45.0 Å². The van der Waals surface area contributed by atoms with Gasteiger partial charge in [-0.05, 0) is 63.1 Å². The van der Waals surface area contributed by atoms with E-state index in [0.717, 1.165) is 57.9 Å². The number of hydrogen-bond acceptors (Lipinski definition) is 6. The predicted molar refractivity (Wildman–Crippen MR) is 115 cm³/mol. The van der Waals surface area contributed by atoms with Crippen LogP contribution in [0, 0.1) is 5.92 Å². The lowest BCUT2D eigenvalue weighted by atomic mass is 9.98. The van der Waals surface area contributed by atoms with Gasteiger partial charge in [-0.25, -0.2) is 9.10 Å². The minimum Gasteiger partial charge on any atom is -0.493 e. The molecule has 2 aliphatic rings. The molecule has 1 amide bonds. The highest BCUT2D eigenvalue weighted by Crippen LogP contribution is 2.24. The number of carbonyl (C=O) groups excluding carboxylic acids is 1. The molecule has 1 aromatic carbocycles. The van der Waals surface area contributed by atoms with Crippen LogP contribution in [-0.4, -0.2) is 73.5 Å². The molecule has 0 aliphatic carbocycles. The van der Waals surface area contributed by atoms with Crippen LogP contribution in [0.25, 0.3) is 0 Å². The highest BCUT2D eigenvalue weighted by atomic mass is 32.2. The summed E-state index contributed by atoms with van der Waals surface area (Å²) in [6.45, 7) is 10.3. The van der Waals surface area contributed by atoms with E-state index in [4.69, 9.17) is 9.47 Å². The quantitative estimate of drug-likeness (QED) is 0.670. The van der Waals surface area contributed by atoms with Crippen LogP contribution >= 0.6 is 11.9 Å². The number of amides is 1. The molecule has 1 aromatic rings.